The molecule has 5 heteroatoms. The van der Waals surface area contributed by atoms with E-state index in [0.29, 0.717) is 25.0 Å². The number of hydrogen-bond acceptors (Lipinski definition) is 4. The van der Waals surface area contributed by atoms with Gasteiger partial charge in [-0.25, -0.2) is 9.98 Å². The predicted molar refractivity (Wildman–Crippen MR) is 65.9 cm³/mol. The maximum atomic E-state index is 5.84. The van der Waals surface area contributed by atoms with Crippen LogP contribution in [0.5, 0.6) is 0 Å². The normalized spacial score (nSPS) is 22.8. The number of ether oxygens (including phenoxy) is 2. The minimum atomic E-state index is -0.271. The van der Waals surface area contributed by atoms with Crippen LogP contribution >= 0.6 is 11.6 Å². The van der Waals surface area contributed by atoms with E-state index in [1.54, 1.807) is 0 Å². The van der Waals surface area contributed by atoms with E-state index in [0.717, 1.165) is 17.7 Å². The van der Waals surface area contributed by atoms with Gasteiger partial charge in [-0.2, -0.15) is 0 Å². The zero-order valence-electron chi connectivity index (χ0n) is 9.10. The highest BCUT2D eigenvalue weighted by atomic mass is 35.5. The van der Waals surface area contributed by atoms with Gasteiger partial charge in [-0.3, -0.25) is 0 Å². The third-order valence-corrected chi connectivity index (χ3v) is 2.80. The van der Waals surface area contributed by atoms with Crippen LogP contribution in [0.15, 0.2) is 34.3 Å². The second-order valence-corrected chi connectivity index (χ2v) is 4.30. The fourth-order valence-electron chi connectivity index (χ4n) is 1.77. The molecular formula is C12H11ClN2O2. The molecule has 1 aromatic carbocycles. The highest BCUT2D eigenvalue weighted by Crippen LogP contribution is 2.16. The number of alkyl halides is 1. The van der Waals surface area contributed by atoms with Gasteiger partial charge in [-0.05, 0) is 24.3 Å². The summed E-state index contributed by atoms with van der Waals surface area (Å²) in [4.78, 5) is 8.44. The average Bonchev–Trinajstić information content (AvgIpc) is 3.00. The molecule has 0 aliphatic carbocycles. The summed E-state index contributed by atoms with van der Waals surface area (Å²) >= 11 is 5.84. The number of benzene rings is 1. The third-order valence-electron chi connectivity index (χ3n) is 2.58. The van der Waals surface area contributed by atoms with Gasteiger partial charge in [0.15, 0.2) is 5.50 Å². The van der Waals surface area contributed by atoms with Crippen molar-refractivity contribution >= 4 is 23.4 Å². The van der Waals surface area contributed by atoms with Crippen LogP contribution in [0, 0.1) is 0 Å². The van der Waals surface area contributed by atoms with E-state index in [9.17, 15) is 0 Å². The molecule has 4 nitrogen and oxygen atoms in total. The van der Waals surface area contributed by atoms with Crippen LogP contribution in [0.1, 0.15) is 11.1 Å². The summed E-state index contributed by atoms with van der Waals surface area (Å²) < 4.78 is 10.8. The second kappa shape index (κ2) is 4.37. The Bertz CT molecular complexity index is 482. The summed E-state index contributed by atoms with van der Waals surface area (Å²) in [5, 5.41) is 0. The fraction of sp³-hybridized carbons (Fsp3) is 0.333. The van der Waals surface area contributed by atoms with Crippen molar-refractivity contribution in [3.63, 3.8) is 0 Å². The standard InChI is InChI=1S/C12H11ClN2O2/c13-10-7-17-12(15-10)9-3-1-8(2-4-9)11-14-5-6-16-11/h1-4,10H,5-7H2. The highest BCUT2D eigenvalue weighted by Gasteiger charge is 2.18. The van der Waals surface area contributed by atoms with Crippen molar-refractivity contribution in [2.75, 3.05) is 19.8 Å². The van der Waals surface area contributed by atoms with Crippen molar-refractivity contribution in [1.82, 2.24) is 0 Å². The molecule has 0 amide bonds. The fourth-order valence-corrected chi connectivity index (χ4v) is 1.92. The van der Waals surface area contributed by atoms with Crippen molar-refractivity contribution in [2.45, 2.75) is 5.50 Å². The van der Waals surface area contributed by atoms with Crippen molar-refractivity contribution in [3.05, 3.63) is 35.4 Å². The monoisotopic (exact) mass is 250 g/mol. The number of nitrogens with zero attached hydrogens (tertiary/aromatic N) is 2. The van der Waals surface area contributed by atoms with Gasteiger partial charge in [-0.15, -0.1) is 0 Å². The summed E-state index contributed by atoms with van der Waals surface area (Å²) in [6.07, 6.45) is 0. The van der Waals surface area contributed by atoms with E-state index in [4.69, 9.17) is 21.1 Å². The summed E-state index contributed by atoms with van der Waals surface area (Å²) in [6, 6.07) is 7.78. The lowest BCUT2D eigenvalue weighted by Gasteiger charge is -2.04. The Morgan fingerprint density at radius 1 is 1.06 bits per heavy atom. The van der Waals surface area contributed by atoms with Crippen LogP contribution < -0.4 is 0 Å². The van der Waals surface area contributed by atoms with Gasteiger partial charge in [0.2, 0.25) is 11.8 Å². The molecule has 0 fully saturated rings. The van der Waals surface area contributed by atoms with Crippen LogP contribution in [0.3, 0.4) is 0 Å². The minimum absolute atomic E-state index is 0.271. The number of rotatable bonds is 2. The molecule has 0 saturated heterocycles. The quantitative estimate of drug-likeness (QED) is 0.593. The molecule has 0 radical (unpaired) electrons. The van der Waals surface area contributed by atoms with Crippen LogP contribution in [0.2, 0.25) is 0 Å². The molecule has 2 aliphatic rings. The van der Waals surface area contributed by atoms with Gasteiger partial charge in [-0.1, -0.05) is 11.6 Å². The maximum Gasteiger partial charge on any atom is 0.217 e. The Kier molecular flexibility index (Phi) is 2.73. The summed E-state index contributed by atoms with van der Waals surface area (Å²) in [7, 11) is 0. The first-order valence-electron chi connectivity index (χ1n) is 5.46. The molecular weight excluding hydrogens is 240 g/mol. The molecule has 2 heterocycles. The zero-order chi connectivity index (χ0) is 11.7. The van der Waals surface area contributed by atoms with Gasteiger partial charge >= 0.3 is 0 Å². The van der Waals surface area contributed by atoms with Crippen molar-refractivity contribution in [2.24, 2.45) is 9.98 Å². The highest BCUT2D eigenvalue weighted by molar-refractivity contribution is 6.22. The van der Waals surface area contributed by atoms with Crippen LogP contribution in [-0.2, 0) is 9.47 Å². The molecule has 1 aromatic rings. The second-order valence-electron chi connectivity index (χ2n) is 3.79. The van der Waals surface area contributed by atoms with Gasteiger partial charge in [0, 0.05) is 11.1 Å². The SMILES string of the molecule is ClC1COC(c2ccc(C3=NCCO3)cc2)=N1. The van der Waals surface area contributed by atoms with Crippen molar-refractivity contribution in [1.29, 1.82) is 0 Å². The molecule has 0 N–H and O–H groups in total. The van der Waals surface area contributed by atoms with E-state index in [2.05, 4.69) is 9.98 Å². The van der Waals surface area contributed by atoms with Crippen molar-refractivity contribution < 1.29 is 9.47 Å². The van der Waals surface area contributed by atoms with Crippen LogP contribution in [-0.4, -0.2) is 37.1 Å². The maximum absolute atomic E-state index is 5.84. The van der Waals surface area contributed by atoms with Crippen LogP contribution in [0.25, 0.3) is 0 Å². The summed E-state index contributed by atoms with van der Waals surface area (Å²) in [5.41, 5.74) is 1.63. The van der Waals surface area contributed by atoms with Gasteiger partial charge in [0.1, 0.15) is 13.2 Å². The number of aliphatic imine (C=N–C) groups is 2. The molecule has 2 aliphatic heterocycles. The third kappa shape index (κ3) is 2.13. The smallest absolute Gasteiger partial charge is 0.217 e. The Balaban J connectivity index is 1.83. The van der Waals surface area contributed by atoms with Gasteiger partial charge < -0.3 is 9.47 Å². The molecule has 0 saturated carbocycles. The summed E-state index contributed by atoms with van der Waals surface area (Å²) in [5.74, 6) is 1.31. The average molecular weight is 251 g/mol. The molecule has 0 spiro atoms. The zero-order valence-corrected chi connectivity index (χ0v) is 9.85. The van der Waals surface area contributed by atoms with Crippen LogP contribution in [0.4, 0.5) is 0 Å². The topological polar surface area (TPSA) is 43.2 Å². The van der Waals surface area contributed by atoms with E-state index in [-0.39, 0.29) is 5.50 Å². The molecule has 88 valence electrons. The van der Waals surface area contributed by atoms with E-state index < -0.39 is 0 Å². The molecule has 0 bridgehead atoms. The Morgan fingerprint density at radius 3 is 2.29 bits per heavy atom. The molecule has 1 unspecified atom stereocenters. The summed E-state index contributed by atoms with van der Waals surface area (Å²) in [6.45, 7) is 1.84. The Labute approximate surface area is 104 Å². The molecule has 0 aromatic heterocycles. The Hall–Kier alpha value is -1.55. The molecule has 17 heavy (non-hydrogen) atoms. The minimum Gasteiger partial charge on any atom is -0.476 e. The molecule has 1 atom stereocenters. The predicted octanol–water partition coefficient (Wildman–Crippen LogP) is 1.81. The first-order valence-corrected chi connectivity index (χ1v) is 5.89. The lowest BCUT2D eigenvalue weighted by molar-refractivity contribution is 0.340. The molecule has 3 rings (SSSR count). The van der Waals surface area contributed by atoms with Crippen molar-refractivity contribution in [3.8, 4) is 0 Å². The lowest BCUT2D eigenvalue weighted by atomic mass is 10.1. The number of hydrogen-bond donors (Lipinski definition) is 0. The lowest BCUT2D eigenvalue weighted by Crippen LogP contribution is -2.04. The first kappa shape index (κ1) is 10.6. The van der Waals surface area contributed by atoms with E-state index in [1.165, 1.54) is 0 Å². The van der Waals surface area contributed by atoms with Gasteiger partial charge in [0.05, 0.1) is 6.54 Å². The number of halogens is 1. The first-order chi connectivity index (χ1) is 8.33. The van der Waals surface area contributed by atoms with E-state index >= 15 is 0 Å². The van der Waals surface area contributed by atoms with Gasteiger partial charge in [0.25, 0.3) is 0 Å². The van der Waals surface area contributed by atoms with E-state index in [1.807, 2.05) is 24.3 Å². The largest absolute Gasteiger partial charge is 0.476 e. The Morgan fingerprint density at radius 2 is 1.76 bits per heavy atom.